The van der Waals surface area contributed by atoms with Crippen LogP contribution < -0.4 is 16.3 Å². The number of nitrogens with one attached hydrogen (secondary N) is 2. The summed E-state index contributed by atoms with van der Waals surface area (Å²) in [5.74, 6) is -3.21. The lowest BCUT2D eigenvalue weighted by Gasteiger charge is -2.37. The van der Waals surface area contributed by atoms with Crippen molar-refractivity contribution in [2.75, 3.05) is 18.7 Å². The van der Waals surface area contributed by atoms with Gasteiger partial charge in [-0.15, -0.1) is 0 Å². The summed E-state index contributed by atoms with van der Waals surface area (Å²) >= 11 is 0. The summed E-state index contributed by atoms with van der Waals surface area (Å²) in [6, 6.07) is 7.89. The molecule has 1 aliphatic heterocycles. The molecule has 1 fully saturated rings. The molecule has 3 rings (SSSR count). The molecule has 43 heavy (non-hydrogen) atoms. The molecule has 2 aromatic rings. The van der Waals surface area contributed by atoms with Crippen molar-refractivity contribution in [2.45, 2.75) is 76.5 Å². The van der Waals surface area contributed by atoms with E-state index < -0.39 is 57.0 Å². The van der Waals surface area contributed by atoms with E-state index in [9.17, 15) is 27.6 Å². The fourth-order valence-electron chi connectivity index (χ4n) is 3.86. The lowest BCUT2D eigenvalue weighted by molar-refractivity contribution is -0.173. The van der Waals surface area contributed by atoms with Crippen molar-refractivity contribution in [1.82, 2.24) is 14.9 Å². The highest BCUT2D eigenvalue weighted by Crippen LogP contribution is 2.38. The minimum absolute atomic E-state index is 0.0815. The monoisotopic (exact) mass is 625 g/mol. The third kappa shape index (κ3) is 8.87. The van der Waals surface area contributed by atoms with Gasteiger partial charge in [-0.2, -0.15) is 18.2 Å². The van der Waals surface area contributed by atoms with Crippen molar-refractivity contribution in [2.24, 2.45) is 5.11 Å². The molecule has 2 amide bonds. The number of carbonyl (C=O) groups is 2. The van der Waals surface area contributed by atoms with Gasteiger partial charge in [0, 0.05) is 35.2 Å². The molecule has 2 heterocycles. The fourth-order valence-corrected chi connectivity index (χ4v) is 4.87. The van der Waals surface area contributed by atoms with Gasteiger partial charge in [0.1, 0.15) is 24.9 Å². The minimum atomic E-state index is -5.16. The van der Waals surface area contributed by atoms with Crippen LogP contribution in [0.4, 0.5) is 19.0 Å². The van der Waals surface area contributed by atoms with E-state index >= 15 is 0 Å². The number of nitrogens with zero attached hydrogens (tertiary/aromatic N) is 5. The van der Waals surface area contributed by atoms with Crippen LogP contribution in [0.1, 0.15) is 49.3 Å². The predicted molar refractivity (Wildman–Crippen MR) is 151 cm³/mol. The lowest BCUT2D eigenvalue weighted by Crippen LogP contribution is -2.44. The van der Waals surface area contributed by atoms with Crippen LogP contribution in [0.3, 0.4) is 0 Å². The largest absolute Gasteiger partial charge is 0.471 e. The number of carbonyl (C=O) groups excluding carboxylic acids is 2. The maximum absolute atomic E-state index is 13.1. The molecule has 0 saturated carbocycles. The van der Waals surface area contributed by atoms with Gasteiger partial charge in [-0.05, 0) is 35.8 Å². The number of aromatic nitrogens is 2. The van der Waals surface area contributed by atoms with Gasteiger partial charge in [-0.3, -0.25) is 14.2 Å². The zero-order valence-corrected chi connectivity index (χ0v) is 25.3. The highest BCUT2D eigenvalue weighted by Gasteiger charge is 2.42. The molecule has 0 aliphatic carbocycles. The predicted octanol–water partition coefficient (Wildman–Crippen LogP) is 4.64. The van der Waals surface area contributed by atoms with Crippen molar-refractivity contribution in [1.29, 1.82) is 0 Å². The Labute approximate surface area is 246 Å². The normalized spacial score (nSPS) is 19.0. The molecule has 17 heteroatoms. The van der Waals surface area contributed by atoms with Gasteiger partial charge in [-0.25, -0.2) is 4.79 Å². The average molecular weight is 626 g/mol. The number of hydrogen-bond acceptors (Lipinski definition) is 8. The Morgan fingerprint density at radius 2 is 1.91 bits per heavy atom. The van der Waals surface area contributed by atoms with Crippen LogP contribution in [0.2, 0.25) is 18.1 Å². The molecule has 1 aromatic heterocycles. The molecule has 0 radical (unpaired) electrons. The first-order chi connectivity index (χ1) is 20.0. The third-order valence-electron chi connectivity index (χ3n) is 7.31. The average Bonchev–Trinajstić information content (AvgIpc) is 3.33. The van der Waals surface area contributed by atoms with Crippen LogP contribution in [-0.4, -0.2) is 61.4 Å². The second kappa shape index (κ2) is 13.7. The van der Waals surface area contributed by atoms with Crippen LogP contribution in [0.15, 0.2) is 46.4 Å². The summed E-state index contributed by atoms with van der Waals surface area (Å²) in [7, 11) is -2.22. The summed E-state index contributed by atoms with van der Waals surface area (Å²) in [5, 5.41) is 7.44. The zero-order valence-electron chi connectivity index (χ0n) is 24.3. The Hall–Kier alpha value is -3.76. The van der Waals surface area contributed by atoms with Crippen LogP contribution in [-0.2, 0) is 25.2 Å². The number of amides is 2. The van der Waals surface area contributed by atoms with Crippen LogP contribution >= 0.6 is 0 Å². The van der Waals surface area contributed by atoms with E-state index in [1.165, 1.54) is 18.3 Å². The molecule has 1 aliphatic rings. The van der Waals surface area contributed by atoms with Crippen molar-refractivity contribution in [3.63, 3.8) is 0 Å². The summed E-state index contributed by atoms with van der Waals surface area (Å²) in [6.45, 7) is 9.38. The number of alkyl halides is 3. The summed E-state index contributed by atoms with van der Waals surface area (Å²) in [6.07, 6.45) is -6.27. The molecule has 13 nitrogen and oxygen atoms in total. The second-order valence-corrected chi connectivity index (χ2v) is 16.1. The fraction of sp³-hybridized carbons (Fsp3) is 0.538. The Morgan fingerprint density at radius 1 is 1.23 bits per heavy atom. The molecule has 234 valence electrons. The van der Waals surface area contributed by atoms with Crippen LogP contribution in [0.5, 0.6) is 0 Å². The van der Waals surface area contributed by atoms with Gasteiger partial charge in [0.15, 0.2) is 8.32 Å². The summed E-state index contributed by atoms with van der Waals surface area (Å²) in [4.78, 5) is 44.0. The van der Waals surface area contributed by atoms with E-state index in [-0.39, 0.29) is 41.7 Å². The molecule has 2 N–H and O–H groups in total. The molecule has 0 spiro atoms. The van der Waals surface area contributed by atoms with E-state index in [0.29, 0.717) is 0 Å². The second-order valence-electron chi connectivity index (χ2n) is 11.3. The zero-order chi connectivity index (χ0) is 32.0. The minimum Gasteiger partial charge on any atom is -0.414 e. The first-order valence-corrected chi connectivity index (χ1v) is 16.2. The topological polar surface area (TPSA) is 170 Å². The standard InChI is InChI=1S/C26H34F3N7O6Si/c1-25(2,3)43(4,5)41-14-19-18(40-15-32-35-30)11-20(42-19)36-13-17(12-31-23(38)26(27,28)29)21(34-24(36)39)33-22(37)16-9-7-6-8-10-16/h6-10,13,18-20H,11-12,14-15H2,1-5H3,(H,31,38)(H,33,34,37,39). The molecule has 1 saturated heterocycles. The van der Waals surface area contributed by atoms with Crippen LogP contribution in [0, 0.1) is 0 Å². The number of benzene rings is 1. The van der Waals surface area contributed by atoms with Crippen LogP contribution in [0.25, 0.3) is 10.4 Å². The van der Waals surface area contributed by atoms with Gasteiger partial charge in [0.05, 0.1) is 12.7 Å². The Morgan fingerprint density at radius 3 is 2.51 bits per heavy atom. The number of azide groups is 1. The molecule has 3 atom stereocenters. The SMILES string of the molecule is CC(C)(C)[Si](C)(C)OCC1OC(n2cc(CNC(=O)C(F)(F)F)c(NC(=O)c3ccccc3)nc2=O)CC1OCN=[N+]=[N-]. The summed E-state index contributed by atoms with van der Waals surface area (Å²) < 4.78 is 57.8. The van der Waals surface area contributed by atoms with Crippen molar-refractivity contribution >= 4 is 25.9 Å². The van der Waals surface area contributed by atoms with Gasteiger partial charge in [-0.1, -0.05) is 44.1 Å². The third-order valence-corrected chi connectivity index (χ3v) is 11.8. The van der Waals surface area contributed by atoms with Gasteiger partial charge in [0.25, 0.3) is 5.91 Å². The molecular formula is C26H34F3N7O6Si. The number of rotatable bonds is 11. The molecular weight excluding hydrogens is 591 g/mol. The maximum atomic E-state index is 13.1. The van der Waals surface area contributed by atoms with Gasteiger partial charge < -0.3 is 24.5 Å². The number of hydrogen-bond donors (Lipinski definition) is 2. The smallest absolute Gasteiger partial charge is 0.414 e. The van der Waals surface area contributed by atoms with Crippen molar-refractivity contribution in [3.05, 3.63) is 68.6 Å². The highest BCUT2D eigenvalue weighted by molar-refractivity contribution is 6.74. The van der Waals surface area contributed by atoms with Crippen molar-refractivity contribution in [3.8, 4) is 0 Å². The van der Waals surface area contributed by atoms with Crippen molar-refractivity contribution < 1.29 is 36.7 Å². The van der Waals surface area contributed by atoms with E-state index in [2.05, 4.69) is 41.1 Å². The molecule has 0 bridgehead atoms. The Bertz CT molecular complexity index is 1410. The maximum Gasteiger partial charge on any atom is 0.471 e. The highest BCUT2D eigenvalue weighted by atomic mass is 28.4. The van der Waals surface area contributed by atoms with Gasteiger partial charge in [0.2, 0.25) is 0 Å². The Balaban J connectivity index is 1.92. The first kappa shape index (κ1) is 33.7. The van der Waals surface area contributed by atoms with E-state index in [0.717, 1.165) is 4.57 Å². The number of ether oxygens (including phenoxy) is 2. The quantitative estimate of drug-likeness (QED) is 0.159. The number of anilines is 1. The first-order valence-electron chi connectivity index (χ1n) is 13.3. The molecule has 3 unspecified atom stereocenters. The van der Waals surface area contributed by atoms with E-state index in [1.54, 1.807) is 23.5 Å². The van der Waals surface area contributed by atoms with E-state index in [1.807, 2.05) is 13.1 Å². The number of halogens is 3. The summed E-state index contributed by atoms with van der Waals surface area (Å²) in [5.41, 5.74) is 7.90. The van der Waals surface area contributed by atoms with Gasteiger partial charge >= 0.3 is 17.8 Å². The lowest BCUT2D eigenvalue weighted by atomic mass is 10.2. The molecule has 1 aromatic carbocycles. The Kier molecular flexibility index (Phi) is 10.7. The van der Waals surface area contributed by atoms with E-state index in [4.69, 9.17) is 19.4 Å².